The molecule has 0 N–H and O–H groups in total. The molecule has 4 nitrogen and oxygen atoms in total. The van der Waals surface area contributed by atoms with Crippen molar-refractivity contribution in [3.63, 3.8) is 0 Å². The summed E-state index contributed by atoms with van der Waals surface area (Å²) in [5, 5.41) is 7.75. The van der Waals surface area contributed by atoms with Gasteiger partial charge in [-0.1, -0.05) is 0 Å². The van der Waals surface area contributed by atoms with E-state index >= 15 is 0 Å². The molecule has 82 valence electrons. The van der Waals surface area contributed by atoms with Gasteiger partial charge in [0.2, 0.25) is 5.88 Å². The van der Waals surface area contributed by atoms with Crippen LogP contribution in [0, 0.1) is 0 Å². The van der Waals surface area contributed by atoms with Crippen molar-refractivity contribution in [3.8, 4) is 11.6 Å². The molecule has 0 aliphatic rings. The highest BCUT2D eigenvalue weighted by Crippen LogP contribution is 2.21. The maximum Gasteiger partial charge on any atom is 0.238 e. The molecule has 0 aliphatic heterocycles. The maximum atomic E-state index is 5.60. The highest BCUT2D eigenvalue weighted by Gasteiger charge is 2.01. The van der Waals surface area contributed by atoms with E-state index in [2.05, 4.69) is 31.1 Å². The minimum Gasteiger partial charge on any atom is -0.436 e. The van der Waals surface area contributed by atoms with Gasteiger partial charge in [0, 0.05) is 16.7 Å². The van der Waals surface area contributed by atoms with Crippen LogP contribution in [-0.4, -0.2) is 15.2 Å². The molecule has 2 heterocycles. The van der Waals surface area contributed by atoms with Crippen molar-refractivity contribution in [1.82, 2.24) is 15.2 Å². The Balaban J connectivity index is 2.14. The van der Waals surface area contributed by atoms with Crippen molar-refractivity contribution < 1.29 is 4.74 Å². The molecule has 0 fully saturated rings. The highest BCUT2D eigenvalue weighted by molar-refractivity contribution is 9.10. The Morgan fingerprint density at radius 2 is 2.12 bits per heavy atom. The van der Waals surface area contributed by atoms with Crippen molar-refractivity contribution in [2.75, 3.05) is 0 Å². The van der Waals surface area contributed by atoms with E-state index in [1.807, 2.05) is 0 Å². The molecule has 16 heavy (non-hydrogen) atoms. The number of nitrogens with zero attached hydrogens (tertiary/aromatic N) is 3. The average molecular weight is 301 g/mol. The molecule has 0 amide bonds. The normalized spacial score (nSPS) is 10.1. The van der Waals surface area contributed by atoms with Gasteiger partial charge in [-0.15, -0.1) is 16.7 Å². The van der Waals surface area contributed by atoms with Gasteiger partial charge < -0.3 is 4.74 Å². The fourth-order valence-corrected chi connectivity index (χ4v) is 1.53. The van der Waals surface area contributed by atoms with E-state index < -0.39 is 0 Å². The molecule has 2 aromatic rings. The van der Waals surface area contributed by atoms with E-state index in [-0.39, 0.29) is 0 Å². The first kappa shape index (κ1) is 11.3. The molecule has 6 heteroatoms. The largest absolute Gasteiger partial charge is 0.436 e. The molecule has 2 aromatic heterocycles. The number of hydrogen-bond donors (Lipinski definition) is 0. The van der Waals surface area contributed by atoms with Gasteiger partial charge in [-0.25, -0.2) is 0 Å². The number of ether oxygens (including phenoxy) is 1. The molecule has 0 spiro atoms. The van der Waals surface area contributed by atoms with Crippen LogP contribution in [0.25, 0.3) is 0 Å². The quantitative estimate of drug-likeness (QED) is 0.817. The summed E-state index contributed by atoms with van der Waals surface area (Å²) in [5.41, 5.74) is 0.710. The molecule has 0 radical (unpaired) electrons. The molecule has 0 saturated carbocycles. The molecule has 0 bridgehead atoms. The number of aromatic nitrogens is 3. The van der Waals surface area contributed by atoms with Crippen molar-refractivity contribution in [3.05, 3.63) is 40.8 Å². The number of rotatable bonds is 3. The summed E-state index contributed by atoms with van der Waals surface area (Å²) in [5.74, 6) is 1.35. The second kappa shape index (κ2) is 5.23. The van der Waals surface area contributed by atoms with Gasteiger partial charge in [0.25, 0.3) is 0 Å². The lowest BCUT2D eigenvalue weighted by molar-refractivity contribution is 0.452. The van der Waals surface area contributed by atoms with Gasteiger partial charge in [0.05, 0.1) is 17.8 Å². The van der Waals surface area contributed by atoms with Crippen LogP contribution in [0.15, 0.2) is 35.1 Å². The Morgan fingerprint density at radius 1 is 1.25 bits per heavy atom. The van der Waals surface area contributed by atoms with E-state index in [9.17, 15) is 0 Å². The van der Waals surface area contributed by atoms with Crippen LogP contribution in [0.5, 0.6) is 11.6 Å². The first-order valence-electron chi connectivity index (χ1n) is 4.45. The van der Waals surface area contributed by atoms with Gasteiger partial charge >= 0.3 is 0 Å². The van der Waals surface area contributed by atoms with Gasteiger partial charge in [-0.2, -0.15) is 5.10 Å². The summed E-state index contributed by atoms with van der Waals surface area (Å²) in [7, 11) is 0. The Bertz CT molecular complexity index is 478. The van der Waals surface area contributed by atoms with E-state index in [1.165, 1.54) is 0 Å². The highest BCUT2D eigenvalue weighted by atomic mass is 79.9. The second-order valence-corrected chi connectivity index (χ2v) is 4.12. The van der Waals surface area contributed by atoms with E-state index in [1.54, 1.807) is 30.6 Å². The average Bonchev–Trinajstić information content (AvgIpc) is 2.30. The zero-order valence-corrected chi connectivity index (χ0v) is 10.4. The Kier molecular flexibility index (Phi) is 3.69. The topological polar surface area (TPSA) is 47.9 Å². The van der Waals surface area contributed by atoms with Crippen LogP contribution in [0.1, 0.15) is 5.69 Å². The number of halogens is 2. The Hall–Kier alpha value is -1.20. The van der Waals surface area contributed by atoms with E-state index in [0.717, 1.165) is 4.47 Å². The van der Waals surface area contributed by atoms with Crippen molar-refractivity contribution in [2.24, 2.45) is 0 Å². The van der Waals surface area contributed by atoms with Gasteiger partial charge in [0.1, 0.15) is 5.75 Å². The number of alkyl halides is 1. The fourth-order valence-electron chi connectivity index (χ4n) is 1.04. The van der Waals surface area contributed by atoms with Crippen molar-refractivity contribution in [2.45, 2.75) is 5.88 Å². The summed E-state index contributed by atoms with van der Waals surface area (Å²) in [6.45, 7) is 0. The molecular formula is C10H7BrClN3O. The molecule has 0 aromatic carbocycles. The van der Waals surface area contributed by atoms with Gasteiger partial charge in [-0.05, 0) is 28.1 Å². The summed E-state index contributed by atoms with van der Waals surface area (Å²) in [6, 6.07) is 5.27. The summed E-state index contributed by atoms with van der Waals surface area (Å²) < 4.78 is 6.29. The summed E-state index contributed by atoms with van der Waals surface area (Å²) in [6.07, 6.45) is 3.27. The fraction of sp³-hybridized carbons (Fsp3) is 0.100. The Labute approximate surface area is 106 Å². The first-order valence-corrected chi connectivity index (χ1v) is 5.77. The molecule has 2 rings (SSSR count). The summed E-state index contributed by atoms with van der Waals surface area (Å²) >= 11 is 8.90. The van der Waals surface area contributed by atoms with E-state index in [4.69, 9.17) is 16.3 Å². The smallest absolute Gasteiger partial charge is 0.238 e. The molecule has 0 unspecified atom stereocenters. The lowest BCUT2D eigenvalue weighted by Gasteiger charge is -2.03. The molecule has 0 saturated heterocycles. The van der Waals surface area contributed by atoms with Gasteiger partial charge in [-0.3, -0.25) is 4.98 Å². The third-order valence-corrected chi connectivity index (χ3v) is 2.44. The van der Waals surface area contributed by atoms with E-state index in [0.29, 0.717) is 23.2 Å². The summed E-state index contributed by atoms with van der Waals surface area (Å²) in [4.78, 5) is 3.97. The van der Waals surface area contributed by atoms with Gasteiger partial charge in [0.15, 0.2) is 0 Å². The first-order chi connectivity index (χ1) is 7.78. The molecule has 0 aliphatic carbocycles. The van der Waals surface area contributed by atoms with Crippen LogP contribution >= 0.6 is 27.5 Å². The minimum atomic E-state index is 0.339. The van der Waals surface area contributed by atoms with Crippen molar-refractivity contribution >= 4 is 27.5 Å². The maximum absolute atomic E-state index is 5.60. The Morgan fingerprint density at radius 3 is 2.75 bits per heavy atom. The number of pyridine rings is 1. The van der Waals surface area contributed by atoms with Crippen LogP contribution in [0.2, 0.25) is 0 Å². The molecule has 0 atom stereocenters. The zero-order chi connectivity index (χ0) is 11.4. The van der Waals surface area contributed by atoms with Crippen LogP contribution in [-0.2, 0) is 5.88 Å². The number of hydrogen-bond acceptors (Lipinski definition) is 4. The lowest BCUT2D eigenvalue weighted by Crippen LogP contribution is -1.93. The third-order valence-electron chi connectivity index (χ3n) is 1.73. The third kappa shape index (κ3) is 2.90. The zero-order valence-electron chi connectivity index (χ0n) is 8.10. The monoisotopic (exact) mass is 299 g/mol. The second-order valence-electron chi connectivity index (χ2n) is 2.94. The van der Waals surface area contributed by atoms with Crippen LogP contribution < -0.4 is 4.74 Å². The minimum absolute atomic E-state index is 0.339. The SMILES string of the molecule is ClCc1ccc(Oc2cncc(Br)c2)nn1. The standard InChI is InChI=1S/C10H7BrClN3O/c11-7-3-9(6-13-5-7)16-10-2-1-8(4-12)14-15-10/h1-3,5-6H,4H2. The van der Waals surface area contributed by atoms with Crippen molar-refractivity contribution in [1.29, 1.82) is 0 Å². The lowest BCUT2D eigenvalue weighted by atomic mass is 10.4. The predicted molar refractivity (Wildman–Crippen MR) is 63.6 cm³/mol. The molecular weight excluding hydrogens is 293 g/mol. The predicted octanol–water partition coefficient (Wildman–Crippen LogP) is 3.17. The van der Waals surface area contributed by atoms with Crippen LogP contribution in [0.4, 0.5) is 0 Å². The van der Waals surface area contributed by atoms with Crippen LogP contribution in [0.3, 0.4) is 0 Å².